The first-order valence-electron chi connectivity index (χ1n) is 6.01. The second kappa shape index (κ2) is 6.57. The van der Waals surface area contributed by atoms with Crippen LogP contribution in [0.5, 0.6) is 11.5 Å². The average molecular weight is 306 g/mol. The first-order chi connectivity index (χ1) is 8.79. The molecule has 2 aromatic rings. The summed E-state index contributed by atoms with van der Waals surface area (Å²) in [6, 6.07) is 15.9. The van der Waals surface area contributed by atoms with Gasteiger partial charge in [-0.2, -0.15) is 0 Å². The summed E-state index contributed by atoms with van der Waals surface area (Å²) in [5.74, 6) is 1.68. The Labute approximate surface area is 116 Å². The minimum absolute atomic E-state index is 0.835. The lowest BCUT2D eigenvalue weighted by atomic mass is 10.2. The van der Waals surface area contributed by atoms with E-state index in [9.17, 15) is 0 Å². The number of ether oxygens (including phenoxy) is 1. The van der Waals surface area contributed by atoms with E-state index in [1.807, 2.05) is 36.4 Å². The molecule has 3 heteroatoms. The summed E-state index contributed by atoms with van der Waals surface area (Å²) >= 11 is 3.54. The van der Waals surface area contributed by atoms with E-state index in [1.54, 1.807) is 0 Å². The van der Waals surface area contributed by atoms with Crippen molar-refractivity contribution in [3.63, 3.8) is 0 Å². The van der Waals surface area contributed by atoms with Crippen molar-refractivity contribution in [2.75, 3.05) is 6.54 Å². The summed E-state index contributed by atoms with van der Waals surface area (Å²) in [4.78, 5) is 0. The maximum absolute atomic E-state index is 5.80. The topological polar surface area (TPSA) is 21.3 Å². The number of halogens is 1. The Morgan fingerprint density at radius 1 is 1.11 bits per heavy atom. The number of rotatable bonds is 5. The fraction of sp³-hybridized carbons (Fsp3) is 0.200. The largest absolute Gasteiger partial charge is 0.456 e. The summed E-state index contributed by atoms with van der Waals surface area (Å²) in [6.45, 7) is 3.95. The van der Waals surface area contributed by atoms with E-state index in [0.717, 1.165) is 29.1 Å². The van der Waals surface area contributed by atoms with Crippen LogP contribution in [0.2, 0.25) is 0 Å². The van der Waals surface area contributed by atoms with Gasteiger partial charge in [0.05, 0.1) is 4.47 Å². The van der Waals surface area contributed by atoms with Crippen LogP contribution in [0.25, 0.3) is 0 Å². The molecule has 94 valence electrons. The van der Waals surface area contributed by atoms with Gasteiger partial charge in [-0.05, 0) is 52.3 Å². The van der Waals surface area contributed by atoms with Crippen molar-refractivity contribution in [2.45, 2.75) is 13.5 Å². The first kappa shape index (κ1) is 13.1. The zero-order chi connectivity index (χ0) is 12.8. The Bertz CT molecular complexity index is 499. The van der Waals surface area contributed by atoms with Crippen LogP contribution in [0.15, 0.2) is 53.0 Å². The number of hydrogen-bond donors (Lipinski definition) is 1. The van der Waals surface area contributed by atoms with Crippen molar-refractivity contribution >= 4 is 15.9 Å². The molecule has 0 aliphatic rings. The molecule has 0 aromatic heterocycles. The highest BCUT2D eigenvalue weighted by Crippen LogP contribution is 2.30. The van der Waals surface area contributed by atoms with Gasteiger partial charge in [-0.25, -0.2) is 0 Å². The number of hydrogen-bond acceptors (Lipinski definition) is 2. The van der Waals surface area contributed by atoms with Gasteiger partial charge in [0.2, 0.25) is 0 Å². The standard InChI is InChI=1S/C15H16BrNO/c1-2-17-11-12-8-9-15(14(16)10-12)18-13-6-4-3-5-7-13/h3-10,17H,2,11H2,1H3. The highest BCUT2D eigenvalue weighted by Gasteiger charge is 2.03. The molecule has 0 spiro atoms. The molecule has 0 aliphatic carbocycles. The van der Waals surface area contributed by atoms with Crippen LogP contribution in [0.3, 0.4) is 0 Å². The molecule has 0 fully saturated rings. The van der Waals surface area contributed by atoms with Gasteiger partial charge in [-0.15, -0.1) is 0 Å². The SMILES string of the molecule is CCNCc1ccc(Oc2ccccc2)c(Br)c1. The molecular weight excluding hydrogens is 290 g/mol. The Hall–Kier alpha value is -1.32. The lowest BCUT2D eigenvalue weighted by Gasteiger charge is -2.09. The quantitative estimate of drug-likeness (QED) is 0.886. The number of nitrogens with one attached hydrogen (secondary N) is 1. The highest BCUT2D eigenvalue weighted by molar-refractivity contribution is 9.10. The van der Waals surface area contributed by atoms with E-state index in [-0.39, 0.29) is 0 Å². The molecule has 1 N–H and O–H groups in total. The van der Waals surface area contributed by atoms with E-state index in [4.69, 9.17) is 4.74 Å². The molecule has 2 rings (SSSR count). The maximum Gasteiger partial charge on any atom is 0.141 e. The zero-order valence-electron chi connectivity index (χ0n) is 10.3. The molecule has 0 bridgehead atoms. The van der Waals surface area contributed by atoms with Crippen molar-refractivity contribution in [2.24, 2.45) is 0 Å². The van der Waals surface area contributed by atoms with Crippen LogP contribution >= 0.6 is 15.9 Å². The number of para-hydroxylation sites is 1. The second-order valence-electron chi connectivity index (χ2n) is 3.96. The molecule has 0 saturated carbocycles. The fourth-order valence-corrected chi connectivity index (χ4v) is 2.13. The second-order valence-corrected chi connectivity index (χ2v) is 4.81. The predicted molar refractivity (Wildman–Crippen MR) is 78.0 cm³/mol. The Morgan fingerprint density at radius 2 is 1.89 bits per heavy atom. The molecule has 2 aromatic carbocycles. The summed E-state index contributed by atoms with van der Waals surface area (Å²) in [5.41, 5.74) is 1.24. The maximum atomic E-state index is 5.80. The van der Waals surface area contributed by atoms with Gasteiger partial charge in [0.1, 0.15) is 11.5 Å². The summed E-state index contributed by atoms with van der Waals surface area (Å²) in [7, 11) is 0. The van der Waals surface area contributed by atoms with Crippen molar-refractivity contribution in [1.29, 1.82) is 0 Å². The lowest BCUT2D eigenvalue weighted by Crippen LogP contribution is -2.11. The number of benzene rings is 2. The first-order valence-corrected chi connectivity index (χ1v) is 6.81. The van der Waals surface area contributed by atoms with Crippen molar-refractivity contribution < 1.29 is 4.74 Å². The predicted octanol–water partition coefficient (Wildman–Crippen LogP) is 4.35. The Kier molecular flexibility index (Phi) is 4.79. The molecular formula is C15H16BrNO. The molecule has 18 heavy (non-hydrogen) atoms. The molecule has 0 radical (unpaired) electrons. The van der Waals surface area contributed by atoms with Gasteiger partial charge in [-0.1, -0.05) is 31.2 Å². The van der Waals surface area contributed by atoms with E-state index >= 15 is 0 Å². The molecule has 0 saturated heterocycles. The minimum Gasteiger partial charge on any atom is -0.456 e. The van der Waals surface area contributed by atoms with Crippen LogP contribution in [0.1, 0.15) is 12.5 Å². The molecule has 2 nitrogen and oxygen atoms in total. The van der Waals surface area contributed by atoms with Gasteiger partial charge < -0.3 is 10.1 Å². The third kappa shape index (κ3) is 3.59. The molecule has 0 amide bonds. The van der Waals surface area contributed by atoms with Gasteiger partial charge in [-0.3, -0.25) is 0 Å². The smallest absolute Gasteiger partial charge is 0.141 e. The van der Waals surface area contributed by atoms with E-state index < -0.39 is 0 Å². The highest BCUT2D eigenvalue weighted by atomic mass is 79.9. The molecule has 0 heterocycles. The van der Waals surface area contributed by atoms with Gasteiger partial charge in [0.25, 0.3) is 0 Å². The van der Waals surface area contributed by atoms with Crippen molar-refractivity contribution in [3.05, 3.63) is 58.6 Å². The molecule has 0 aliphatic heterocycles. The fourth-order valence-electron chi connectivity index (χ4n) is 1.62. The van der Waals surface area contributed by atoms with Crippen LogP contribution in [-0.2, 0) is 6.54 Å². The monoisotopic (exact) mass is 305 g/mol. The average Bonchev–Trinajstić information content (AvgIpc) is 2.40. The third-order valence-corrected chi connectivity index (χ3v) is 3.17. The summed E-state index contributed by atoms with van der Waals surface area (Å²) in [5, 5.41) is 3.30. The van der Waals surface area contributed by atoms with Crippen LogP contribution in [0.4, 0.5) is 0 Å². The van der Waals surface area contributed by atoms with Gasteiger partial charge in [0.15, 0.2) is 0 Å². The van der Waals surface area contributed by atoms with E-state index in [1.165, 1.54) is 5.56 Å². The van der Waals surface area contributed by atoms with Gasteiger partial charge >= 0.3 is 0 Å². The summed E-state index contributed by atoms with van der Waals surface area (Å²) in [6.07, 6.45) is 0. The summed E-state index contributed by atoms with van der Waals surface area (Å²) < 4.78 is 6.78. The van der Waals surface area contributed by atoms with Crippen LogP contribution < -0.4 is 10.1 Å². The van der Waals surface area contributed by atoms with Gasteiger partial charge in [0, 0.05) is 6.54 Å². The van der Waals surface area contributed by atoms with E-state index in [0.29, 0.717) is 0 Å². The zero-order valence-corrected chi connectivity index (χ0v) is 11.9. The van der Waals surface area contributed by atoms with Crippen molar-refractivity contribution in [3.8, 4) is 11.5 Å². The van der Waals surface area contributed by atoms with Crippen LogP contribution in [-0.4, -0.2) is 6.54 Å². The normalized spacial score (nSPS) is 10.3. The Morgan fingerprint density at radius 3 is 2.56 bits per heavy atom. The lowest BCUT2D eigenvalue weighted by molar-refractivity contribution is 0.479. The van der Waals surface area contributed by atoms with Crippen molar-refractivity contribution in [1.82, 2.24) is 5.32 Å². The molecule has 0 atom stereocenters. The van der Waals surface area contributed by atoms with Crippen LogP contribution in [0, 0.1) is 0 Å². The molecule has 0 unspecified atom stereocenters. The Balaban J connectivity index is 2.10. The minimum atomic E-state index is 0.835. The van der Waals surface area contributed by atoms with E-state index in [2.05, 4.69) is 40.3 Å². The third-order valence-electron chi connectivity index (χ3n) is 2.55.